The Labute approximate surface area is 214 Å². The van der Waals surface area contributed by atoms with E-state index in [4.69, 9.17) is 9.47 Å². The third-order valence-corrected chi connectivity index (χ3v) is 6.97. The SMILES string of the molecule is CC[C@@]1(O)C(=O)OCc2c1cc1n(c2=O)Cc2c-1nc1cc(F)c(OCC(F)(F)F)c(NC(C)C)c1c2C. The molecular formula is C26H25F4N3O5. The molecule has 0 fully saturated rings. The molecule has 0 saturated heterocycles. The van der Waals surface area contributed by atoms with E-state index in [1.54, 1.807) is 27.7 Å². The fourth-order valence-electron chi connectivity index (χ4n) is 5.14. The van der Waals surface area contributed by atoms with Crippen LogP contribution in [0.5, 0.6) is 5.75 Å². The summed E-state index contributed by atoms with van der Waals surface area (Å²) in [5, 5.41) is 14.4. The van der Waals surface area contributed by atoms with E-state index in [1.807, 2.05) is 0 Å². The maximum absolute atomic E-state index is 15.2. The summed E-state index contributed by atoms with van der Waals surface area (Å²) < 4.78 is 65.3. The summed E-state index contributed by atoms with van der Waals surface area (Å²) in [6.45, 7) is 4.93. The van der Waals surface area contributed by atoms with Crippen molar-refractivity contribution in [3.8, 4) is 17.1 Å². The number of halogens is 4. The number of cyclic esters (lactones) is 1. The lowest BCUT2D eigenvalue weighted by atomic mass is 9.86. The van der Waals surface area contributed by atoms with Gasteiger partial charge in [0, 0.05) is 28.6 Å². The molecule has 2 aliphatic rings. The van der Waals surface area contributed by atoms with Crippen LogP contribution in [0.15, 0.2) is 16.9 Å². The average Bonchev–Trinajstić information content (AvgIpc) is 3.19. The molecule has 1 aromatic carbocycles. The van der Waals surface area contributed by atoms with Gasteiger partial charge in [-0.2, -0.15) is 13.2 Å². The minimum Gasteiger partial charge on any atom is -0.479 e. The molecule has 0 aliphatic carbocycles. The van der Waals surface area contributed by atoms with E-state index >= 15 is 4.39 Å². The van der Waals surface area contributed by atoms with Crippen molar-refractivity contribution < 1.29 is 36.9 Å². The maximum Gasteiger partial charge on any atom is 0.422 e. The van der Waals surface area contributed by atoms with Gasteiger partial charge in [-0.25, -0.2) is 14.2 Å². The molecule has 2 aromatic heterocycles. The maximum atomic E-state index is 15.2. The van der Waals surface area contributed by atoms with Gasteiger partial charge in [0.15, 0.2) is 23.8 Å². The number of aryl methyl sites for hydroxylation is 1. The zero-order valence-electron chi connectivity index (χ0n) is 21.0. The van der Waals surface area contributed by atoms with Crippen LogP contribution in [0.2, 0.25) is 0 Å². The Hall–Kier alpha value is -3.67. The largest absolute Gasteiger partial charge is 0.479 e. The normalized spacial score (nSPS) is 18.3. The van der Waals surface area contributed by atoms with Crippen molar-refractivity contribution in [1.29, 1.82) is 0 Å². The van der Waals surface area contributed by atoms with E-state index in [1.165, 1.54) is 10.6 Å². The topological polar surface area (TPSA) is 103 Å². The number of aromatic nitrogens is 2. The van der Waals surface area contributed by atoms with Crippen molar-refractivity contribution in [3.63, 3.8) is 0 Å². The number of aliphatic hydroxyl groups is 1. The van der Waals surface area contributed by atoms with Crippen molar-refractivity contribution in [2.75, 3.05) is 11.9 Å². The second-order valence-corrected chi connectivity index (χ2v) is 9.83. The molecule has 0 spiro atoms. The Morgan fingerprint density at radius 3 is 2.61 bits per heavy atom. The molecule has 1 atom stereocenters. The molecular weight excluding hydrogens is 510 g/mol. The number of ether oxygens (including phenoxy) is 2. The van der Waals surface area contributed by atoms with Gasteiger partial charge in [-0.05, 0) is 38.8 Å². The van der Waals surface area contributed by atoms with E-state index < -0.39 is 41.5 Å². The molecule has 12 heteroatoms. The van der Waals surface area contributed by atoms with Crippen LogP contribution < -0.4 is 15.6 Å². The number of benzene rings is 1. The summed E-state index contributed by atoms with van der Waals surface area (Å²) >= 11 is 0. The Morgan fingerprint density at radius 1 is 1.26 bits per heavy atom. The first kappa shape index (κ1) is 26.0. The fourth-order valence-corrected chi connectivity index (χ4v) is 5.14. The minimum atomic E-state index is -4.67. The first-order valence-corrected chi connectivity index (χ1v) is 12.1. The molecule has 0 bridgehead atoms. The first-order valence-electron chi connectivity index (χ1n) is 12.1. The van der Waals surface area contributed by atoms with E-state index in [2.05, 4.69) is 10.3 Å². The highest BCUT2D eigenvalue weighted by molar-refractivity contribution is 6.00. The summed E-state index contributed by atoms with van der Waals surface area (Å²) in [7, 11) is 0. The smallest absolute Gasteiger partial charge is 0.422 e. The molecule has 2 N–H and O–H groups in total. The van der Waals surface area contributed by atoms with Crippen LogP contribution in [-0.2, 0) is 28.3 Å². The third kappa shape index (κ3) is 3.89. The van der Waals surface area contributed by atoms with Crippen molar-refractivity contribution in [2.24, 2.45) is 0 Å². The number of hydrogen-bond donors (Lipinski definition) is 2. The summed E-state index contributed by atoms with van der Waals surface area (Å²) in [6, 6.07) is 2.25. The van der Waals surface area contributed by atoms with E-state index in [0.717, 1.165) is 6.07 Å². The van der Waals surface area contributed by atoms with Gasteiger partial charge in [0.25, 0.3) is 5.56 Å². The predicted molar refractivity (Wildman–Crippen MR) is 130 cm³/mol. The highest BCUT2D eigenvalue weighted by atomic mass is 19.4. The number of fused-ring (bicyclic) bond motifs is 5. The van der Waals surface area contributed by atoms with Crippen LogP contribution in [0, 0.1) is 12.7 Å². The molecule has 0 saturated carbocycles. The van der Waals surface area contributed by atoms with E-state index in [-0.39, 0.29) is 47.9 Å². The number of esters is 1. The first-order chi connectivity index (χ1) is 17.8. The predicted octanol–water partition coefficient (Wildman–Crippen LogP) is 4.29. The number of hydrogen-bond acceptors (Lipinski definition) is 7. The second kappa shape index (κ2) is 8.69. The summed E-state index contributed by atoms with van der Waals surface area (Å²) in [5.41, 5.74) is -0.111. The van der Waals surface area contributed by atoms with E-state index in [0.29, 0.717) is 27.9 Å². The van der Waals surface area contributed by atoms with Crippen LogP contribution in [-0.4, -0.2) is 39.5 Å². The number of alkyl halides is 3. The highest BCUT2D eigenvalue weighted by Gasteiger charge is 2.45. The van der Waals surface area contributed by atoms with Gasteiger partial charge in [-0.1, -0.05) is 6.92 Å². The van der Waals surface area contributed by atoms with Gasteiger partial charge >= 0.3 is 12.1 Å². The van der Waals surface area contributed by atoms with Crippen LogP contribution in [0.25, 0.3) is 22.3 Å². The molecule has 202 valence electrons. The number of carbonyl (C=O) groups is 1. The van der Waals surface area contributed by atoms with Crippen LogP contribution in [0.4, 0.5) is 23.2 Å². The summed E-state index contributed by atoms with van der Waals surface area (Å²) in [4.78, 5) is 30.4. The molecule has 8 nitrogen and oxygen atoms in total. The summed E-state index contributed by atoms with van der Waals surface area (Å²) in [5.74, 6) is -2.45. The van der Waals surface area contributed by atoms with Gasteiger partial charge < -0.3 is 24.5 Å². The second-order valence-electron chi connectivity index (χ2n) is 9.83. The molecule has 0 amide bonds. The van der Waals surface area contributed by atoms with Crippen LogP contribution >= 0.6 is 0 Å². The van der Waals surface area contributed by atoms with Crippen molar-refractivity contribution in [2.45, 2.75) is 65.1 Å². The van der Waals surface area contributed by atoms with Crippen LogP contribution in [0.1, 0.15) is 49.4 Å². The number of anilines is 1. The number of nitrogens with zero attached hydrogens (tertiary/aromatic N) is 2. The Kier molecular flexibility index (Phi) is 5.93. The number of nitrogens with one attached hydrogen (secondary N) is 1. The van der Waals surface area contributed by atoms with Crippen molar-refractivity contribution >= 4 is 22.6 Å². The standard InChI is InChI=1S/C26H25F4N3O5/c1-5-25(36)15-6-18-20-13(8-33(18)23(34)14(15)9-37-24(25)35)12(4)19-17(32-20)7-16(27)22(21(19)31-11(2)3)38-10-26(28,29)30/h6-7,11,31,36H,5,8-10H2,1-4H3/t25-/m0/s1. The molecule has 0 radical (unpaired) electrons. The highest BCUT2D eigenvalue weighted by Crippen LogP contribution is 2.44. The number of pyridine rings is 2. The monoisotopic (exact) mass is 535 g/mol. The van der Waals surface area contributed by atoms with Crippen molar-refractivity contribution in [3.05, 3.63) is 50.6 Å². The average molecular weight is 535 g/mol. The summed E-state index contributed by atoms with van der Waals surface area (Å²) in [6.07, 6.45) is -4.69. The van der Waals surface area contributed by atoms with Gasteiger partial charge in [-0.15, -0.1) is 0 Å². The molecule has 38 heavy (non-hydrogen) atoms. The molecule has 5 rings (SSSR count). The Balaban J connectivity index is 1.76. The fraction of sp³-hybridized carbons (Fsp3) is 0.423. The van der Waals surface area contributed by atoms with Gasteiger partial charge in [-0.3, -0.25) is 4.79 Å². The van der Waals surface area contributed by atoms with Gasteiger partial charge in [0.2, 0.25) is 0 Å². The quantitative estimate of drug-likeness (QED) is 0.290. The molecule has 2 aliphatic heterocycles. The lowest BCUT2D eigenvalue weighted by molar-refractivity contribution is -0.172. The number of carbonyl (C=O) groups excluding carboxylic acids is 1. The Bertz CT molecular complexity index is 1560. The number of rotatable bonds is 5. The third-order valence-electron chi connectivity index (χ3n) is 6.97. The zero-order valence-corrected chi connectivity index (χ0v) is 21.0. The van der Waals surface area contributed by atoms with Crippen LogP contribution in [0.3, 0.4) is 0 Å². The molecule has 4 heterocycles. The van der Waals surface area contributed by atoms with Crippen molar-refractivity contribution in [1.82, 2.24) is 9.55 Å². The molecule has 0 unspecified atom stereocenters. The van der Waals surface area contributed by atoms with E-state index in [9.17, 15) is 27.9 Å². The molecule has 3 aromatic rings. The lowest BCUT2D eigenvalue weighted by Gasteiger charge is -2.31. The minimum absolute atomic E-state index is 0.0189. The van der Waals surface area contributed by atoms with Gasteiger partial charge in [0.1, 0.15) is 6.61 Å². The zero-order chi connectivity index (χ0) is 27.7. The van der Waals surface area contributed by atoms with Gasteiger partial charge in [0.05, 0.1) is 34.7 Å². The Morgan fingerprint density at radius 2 is 1.97 bits per heavy atom. The lowest BCUT2D eigenvalue weighted by Crippen LogP contribution is -2.44.